The number of nitrogens with zero attached hydrogens (tertiary/aromatic N) is 1. The maximum absolute atomic E-state index is 5.25. The molecule has 1 unspecified atom stereocenters. The molecule has 1 rings (SSSR count). The summed E-state index contributed by atoms with van der Waals surface area (Å²) in [5.41, 5.74) is 0. The minimum atomic E-state index is 0.636. The number of hydrogen-bond acceptors (Lipinski definition) is 3. The van der Waals surface area contributed by atoms with E-state index in [0.29, 0.717) is 6.04 Å². The molecule has 1 fully saturated rings. The first-order valence-corrected chi connectivity index (χ1v) is 5.32. The van der Waals surface area contributed by atoms with E-state index in [1.807, 2.05) is 0 Å². The van der Waals surface area contributed by atoms with E-state index in [4.69, 9.17) is 4.74 Å². The van der Waals surface area contributed by atoms with E-state index in [2.05, 4.69) is 17.1 Å². The van der Waals surface area contributed by atoms with Crippen LogP contribution in [0.15, 0.2) is 0 Å². The minimum absolute atomic E-state index is 0.636. The average Bonchev–Trinajstić information content (AvgIpc) is 2.19. The van der Waals surface area contributed by atoms with E-state index < -0.39 is 0 Å². The van der Waals surface area contributed by atoms with Gasteiger partial charge < -0.3 is 10.1 Å². The van der Waals surface area contributed by atoms with Crippen LogP contribution >= 0.6 is 0 Å². The Hall–Kier alpha value is -0.120. The summed E-state index contributed by atoms with van der Waals surface area (Å²) in [5.74, 6) is 0. The van der Waals surface area contributed by atoms with Gasteiger partial charge in [-0.1, -0.05) is 13.3 Å². The zero-order valence-corrected chi connectivity index (χ0v) is 8.88. The van der Waals surface area contributed by atoms with Gasteiger partial charge in [-0.05, 0) is 6.42 Å². The van der Waals surface area contributed by atoms with Gasteiger partial charge in [0.25, 0.3) is 0 Å². The number of rotatable bonds is 5. The summed E-state index contributed by atoms with van der Waals surface area (Å²) < 4.78 is 5.25. The zero-order valence-electron chi connectivity index (χ0n) is 8.88. The first kappa shape index (κ1) is 11.0. The van der Waals surface area contributed by atoms with Crippen LogP contribution in [0, 0.1) is 0 Å². The first-order chi connectivity index (χ1) is 6.38. The van der Waals surface area contributed by atoms with Crippen LogP contribution in [0.3, 0.4) is 0 Å². The molecule has 0 aliphatic carbocycles. The molecule has 1 aliphatic heterocycles. The Bertz CT molecular complexity index is 118. The smallest absolute Gasteiger partial charge is 0.0618 e. The van der Waals surface area contributed by atoms with Gasteiger partial charge in [-0.2, -0.15) is 0 Å². The molecule has 3 nitrogen and oxygen atoms in total. The van der Waals surface area contributed by atoms with Crippen molar-refractivity contribution in [2.75, 3.05) is 39.9 Å². The molecule has 78 valence electrons. The summed E-state index contributed by atoms with van der Waals surface area (Å²) in [5, 5.41) is 3.37. The van der Waals surface area contributed by atoms with Crippen molar-refractivity contribution >= 4 is 0 Å². The predicted octanol–water partition coefficient (Wildman–Crippen LogP) is 0.707. The maximum Gasteiger partial charge on any atom is 0.0618 e. The Balaban J connectivity index is 2.32. The molecule has 13 heavy (non-hydrogen) atoms. The Morgan fingerprint density at radius 2 is 2.08 bits per heavy atom. The molecular weight excluding hydrogens is 164 g/mol. The van der Waals surface area contributed by atoms with Crippen molar-refractivity contribution in [2.24, 2.45) is 0 Å². The molecule has 0 aromatic carbocycles. The van der Waals surface area contributed by atoms with Gasteiger partial charge in [0.2, 0.25) is 0 Å². The van der Waals surface area contributed by atoms with Crippen LogP contribution in [0.25, 0.3) is 0 Å². The summed E-state index contributed by atoms with van der Waals surface area (Å²) in [6.07, 6.45) is 2.51. The van der Waals surface area contributed by atoms with Crippen LogP contribution in [0.5, 0.6) is 0 Å². The van der Waals surface area contributed by atoms with Gasteiger partial charge in [0, 0.05) is 39.3 Å². The third kappa shape index (κ3) is 3.63. The lowest BCUT2D eigenvalue weighted by Crippen LogP contribution is -2.49. The van der Waals surface area contributed by atoms with Gasteiger partial charge in [0.15, 0.2) is 0 Å². The van der Waals surface area contributed by atoms with Crippen molar-refractivity contribution in [2.45, 2.75) is 25.8 Å². The lowest BCUT2D eigenvalue weighted by atomic mass is 10.1. The standard InChI is InChI=1S/C10H22N2O/c1-3-4-10(9-13-2)12-7-5-11-6-8-12/h10-11H,3-9H2,1-2H3. The monoisotopic (exact) mass is 186 g/mol. The topological polar surface area (TPSA) is 24.5 Å². The number of piperazine rings is 1. The maximum atomic E-state index is 5.25. The highest BCUT2D eigenvalue weighted by Gasteiger charge is 2.18. The molecule has 0 radical (unpaired) electrons. The molecule has 3 heteroatoms. The second kappa shape index (κ2) is 6.35. The van der Waals surface area contributed by atoms with Crippen LogP contribution in [-0.2, 0) is 4.74 Å². The number of ether oxygens (including phenoxy) is 1. The zero-order chi connectivity index (χ0) is 9.52. The molecule has 1 saturated heterocycles. The van der Waals surface area contributed by atoms with Crippen molar-refractivity contribution in [3.63, 3.8) is 0 Å². The SMILES string of the molecule is CCCC(COC)N1CCNCC1. The van der Waals surface area contributed by atoms with E-state index >= 15 is 0 Å². The molecule has 1 N–H and O–H groups in total. The van der Waals surface area contributed by atoms with E-state index in [1.165, 1.54) is 25.9 Å². The quantitative estimate of drug-likeness (QED) is 0.684. The van der Waals surface area contributed by atoms with Gasteiger partial charge in [-0.3, -0.25) is 4.90 Å². The highest BCUT2D eigenvalue weighted by molar-refractivity contribution is 4.76. The van der Waals surface area contributed by atoms with E-state index in [9.17, 15) is 0 Å². The highest BCUT2D eigenvalue weighted by atomic mass is 16.5. The number of nitrogens with one attached hydrogen (secondary N) is 1. The molecule has 1 aliphatic rings. The third-order valence-corrected chi connectivity index (χ3v) is 2.65. The molecule has 1 heterocycles. The Morgan fingerprint density at radius 1 is 1.38 bits per heavy atom. The van der Waals surface area contributed by atoms with Crippen molar-refractivity contribution in [1.29, 1.82) is 0 Å². The molecule has 1 atom stereocenters. The molecule has 0 amide bonds. The fourth-order valence-corrected chi connectivity index (χ4v) is 1.94. The van der Waals surface area contributed by atoms with Gasteiger partial charge in [0.1, 0.15) is 0 Å². The van der Waals surface area contributed by atoms with Crippen molar-refractivity contribution in [3.8, 4) is 0 Å². The lowest BCUT2D eigenvalue weighted by Gasteiger charge is -2.34. The largest absolute Gasteiger partial charge is 0.383 e. The number of hydrogen-bond donors (Lipinski definition) is 1. The summed E-state index contributed by atoms with van der Waals surface area (Å²) in [7, 11) is 1.80. The van der Waals surface area contributed by atoms with E-state index in [1.54, 1.807) is 7.11 Å². The Kier molecular flexibility index (Phi) is 5.35. The molecule has 0 bridgehead atoms. The lowest BCUT2D eigenvalue weighted by molar-refractivity contribution is 0.0762. The number of methoxy groups -OCH3 is 1. The fourth-order valence-electron chi connectivity index (χ4n) is 1.94. The van der Waals surface area contributed by atoms with Crippen molar-refractivity contribution < 1.29 is 4.74 Å². The third-order valence-electron chi connectivity index (χ3n) is 2.65. The first-order valence-electron chi connectivity index (χ1n) is 5.32. The van der Waals surface area contributed by atoms with Crippen LogP contribution in [0.4, 0.5) is 0 Å². The average molecular weight is 186 g/mol. The Labute approximate surface area is 81.4 Å². The van der Waals surface area contributed by atoms with Gasteiger partial charge in [0.05, 0.1) is 6.61 Å². The van der Waals surface area contributed by atoms with Gasteiger partial charge in [-0.25, -0.2) is 0 Å². The second-order valence-corrected chi connectivity index (χ2v) is 3.68. The predicted molar refractivity (Wildman–Crippen MR) is 55.0 cm³/mol. The molecule has 0 aromatic heterocycles. The van der Waals surface area contributed by atoms with Crippen molar-refractivity contribution in [3.05, 3.63) is 0 Å². The molecule has 0 saturated carbocycles. The summed E-state index contributed by atoms with van der Waals surface area (Å²) in [4.78, 5) is 2.55. The summed E-state index contributed by atoms with van der Waals surface area (Å²) in [6.45, 7) is 7.73. The van der Waals surface area contributed by atoms with Crippen LogP contribution in [0.1, 0.15) is 19.8 Å². The molecule has 0 aromatic rings. The van der Waals surface area contributed by atoms with Gasteiger partial charge >= 0.3 is 0 Å². The van der Waals surface area contributed by atoms with Crippen molar-refractivity contribution in [1.82, 2.24) is 10.2 Å². The summed E-state index contributed by atoms with van der Waals surface area (Å²) >= 11 is 0. The Morgan fingerprint density at radius 3 is 2.62 bits per heavy atom. The van der Waals surface area contributed by atoms with Crippen LogP contribution < -0.4 is 5.32 Å². The highest BCUT2D eigenvalue weighted by Crippen LogP contribution is 2.08. The molecular formula is C10H22N2O. The normalized spacial score (nSPS) is 21.7. The van der Waals surface area contributed by atoms with E-state index in [-0.39, 0.29) is 0 Å². The fraction of sp³-hybridized carbons (Fsp3) is 1.00. The van der Waals surface area contributed by atoms with Gasteiger partial charge in [-0.15, -0.1) is 0 Å². The van der Waals surface area contributed by atoms with Crippen LogP contribution in [0.2, 0.25) is 0 Å². The summed E-state index contributed by atoms with van der Waals surface area (Å²) in [6, 6.07) is 0.636. The minimum Gasteiger partial charge on any atom is -0.383 e. The molecule has 0 spiro atoms. The van der Waals surface area contributed by atoms with E-state index in [0.717, 1.165) is 19.7 Å². The second-order valence-electron chi connectivity index (χ2n) is 3.68. The van der Waals surface area contributed by atoms with Crippen LogP contribution in [-0.4, -0.2) is 50.8 Å².